The van der Waals surface area contributed by atoms with E-state index in [1.165, 1.54) is 19.4 Å². The molecular weight excluding hydrogens is 415 g/mol. The Morgan fingerprint density at radius 1 is 1.00 bits per heavy atom. The zero-order valence-corrected chi connectivity index (χ0v) is 14.9. The van der Waals surface area contributed by atoms with Crippen LogP contribution in [0.3, 0.4) is 0 Å². The predicted molar refractivity (Wildman–Crippen MR) is 79.5 cm³/mol. The second-order valence-corrected chi connectivity index (χ2v) is 5.33. The van der Waals surface area contributed by atoms with Gasteiger partial charge in [0.1, 0.15) is 5.69 Å². The van der Waals surface area contributed by atoms with Gasteiger partial charge in [-0.25, -0.2) is 9.78 Å². The van der Waals surface area contributed by atoms with Crippen molar-refractivity contribution in [1.82, 2.24) is 9.97 Å². The van der Waals surface area contributed by atoms with Crippen LogP contribution in [0, 0.1) is 0 Å². The Kier molecular flexibility index (Phi) is 9.94. The molecule has 0 saturated carbocycles. The van der Waals surface area contributed by atoms with Crippen molar-refractivity contribution >= 4 is 43.8 Å². The van der Waals surface area contributed by atoms with Crippen LogP contribution in [0.1, 0.15) is 21.0 Å². The van der Waals surface area contributed by atoms with Gasteiger partial charge in [0.2, 0.25) is 0 Å². The van der Waals surface area contributed by atoms with Crippen LogP contribution in [0.2, 0.25) is 0 Å². The maximum Gasteiger partial charge on any atom is 1.00 e. The van der Waals surface area contributed by atoms with Gasteiger partial charge >= 0.3 is 24.8 Å². The van der Waals surface area contributed by atoms with E-state index < -0.39 is 11.9 Å². The molecule has 6 nitrogen and oxygen atoms in total. The topological polar surface area (TPSA) is 92.2 Å². The summed E-state index contributed by atoms with van der Waals surface area (Å²) in [5.41, 5.74) is 0.263. The number of rotatable bonds is 2. The fraction of sp³-hybridized carbons (Fsp3) is 0.0769. The van der Waals surface area contributed by atoms with Gasteiger partial charge in [-0.15, -0.1) is 0 Å². The molecule has 0 saturated heterocycles. The molecule has 0 atom stereocenters. The first kappa shape index (κ1) is 20.8. The molecule has 0 unspecified atom stereocenters. The monoisotopic (exact) mass is 422 g/mol. The molecule has 2 aromatic heterocycles. The van der Waals surface area contributed by atoms with E-state index in [4.69, 9.17) is 0 Å². The molecule has 0 N–H and O–H groups in total. The number of carbonyl (C=O) groups excluding carboxylic acids is 2. The molecule has 0 radical (unpaired) electrons. The third-order valence-corrected chi connectivity index (χ3v) is 3.00. The smallest absolute Gasteiger partial charge is 0.543 e. The molecule has 22 heavy (non-hydrogen) atoms. The van der Waals surface area contributed by atoms with Crippen molar-refractivity contribution in [3.63, 3.8) is 0 Å². The summed E-state index contributed by atoms with van der Waals surface area (Å²) in [6, 6.07) is 6.30. The summed E-state index contributed by atoms with van der Waals surface area (Å²) in [4.78, 5) is 28.3. The molecule has 9 heteroatoms. The van der Waals surface area contributed by atoms with Crippen LogP contribution in [-0.2, 0) is 4.74 Å². The molecule has 0 bridgehead atoms. The number of nitrogens with zero attached hydrogens (tertiary/aromatic N) is 2. The minimum atomic E-state index is -1.26. The summed E-state index contributed by atoms with van der Waals surface area (Å²) < 4.78 is 6.05. The van der Waals surface area contributed by atoms with E-state index in [1.807, 2.05) is 0 Å². The first-order chi connectivity index (χ1) is 9.93. The largest absolute Gasteiger partial charge is 1.00 e. The molecule has 0 aromatic carbocycles. The average Bonchev–Trinajstić information content (AvgIpc) is 2.48. The number of aromatic carboxylic acids is 1. The van der Waals surface area contributed by atoms with Crippen LogP contribution in [-0.4, -0.2) is 29.0 Å². The minimum Gasteiger partial charge on any atom is -0.543 e. The van der Waals surface area contributed by atoms with Crippen LogP contribution >= 0.6 is 31.9 Å². The Bertz CT molecular complexity index is 621. The van der Waals surface area contributed by atoms with E-state index in [2.05, 4.69) is 46.6 Å². The molecule has 0 fully saturated rings. The van der Waals surface area contributed by atoms with Crippen LogP contribution < -0.4 is 24.0 Å². The van der Waals surface area contributed by atoms with Crippen molar-refractivity contribution in [3.05, 3.63) is 57.0 Å². The van der Waals surface area contributed by atoms with E-state index in [0.717, 1.165) is 8.95 Å². The summed E-state index contributed by atoms with van der Waals surface area (Å²) in [6.07, 6.45) is 2.96. The molecule has 0 aliphatic rings. The van der Waals surface area contributed by atoms with E-state index >= 15 is 0 Å². The number of methoxy groups -OCH3 is 1. The second kappa shape index (κ2) is 10.5. The number of hydrogen-bond donors (Lipinski definition) is 0. The summed E-state index contributed by atoms with van der Waals surface area (Å²) >= 11 is 6.32. The van der Waals surface area contributed by atoms with Gasteiger partial charge in [-0.2, -0.15) is 0 Å². The Balaban J connectivity index is 0.000000385. The number of carboxylic acids is 1. The first-order valence-corrected chi connectivity index (χ1v) is 7.05. The van der Waals surface area contributed by atoms with Gasteiger partial charge in [-0.3, -0.25) is 4.98 Å². The Morgan fingerprint density at radius 2 is 1.45 bits per heavy atom. The summed E-state index contributed by atoms with van der Waals surface area (Å²) in [6.45, 7) is 0. The van der Waals surface area contributed by atoms with Crippen molar-refractivity contribution in [2.75, 3.05) is 7.11 Å². The Labute approximate surface area is 155 Å². The van der Waals surface area contributed by atoms with Crippen molar-refractivity contribution in [1.29, 1.82) is 0 Å². The number of carboxylic acid groups (broad SMARTS) is 1. The fourth-order valence-corrected chi connectivity index (χ4v) is 1.57. The maximum absolute atomic E-state index is 10.8. The van der Waals surface area contributed by atoms with Crippen molar-refractivity contribution in [3.8, 4) is 0 Å². The Hall–Kier alpha value is -1.20. The van der Waals surface area contributed by atoms with Gasteiger partial charge in [-0.05, 0) is 56.1 Å². The standard InChI is InChI=1S/C7H6BrNO2.C6H4BrNO2.Li/c1-11-7(10)6-3-2-5(8)4-9-6;7-4-1-2-5(6(9)10)8-3-4;/h2-4H,1H3;1-3H,(H,9,10);/q;;+1/p-1. The number of aromatic nitrogens is 2. The van der Waals surface area contributed by atoms with Gasteiger partial charge < -0.3 is 14.6 Å². The third-order valence-electron chi connectivity index (χ3n) is 2.06. The predicted octanol–water partition coefficient (Wildman–Crippen LogP) is -1.16. The molecular formula is C13H9Br2LiN2O4. The fourth-order valence-electron chi connectivity index (χ4n) is 1.10. The molecule has 2 heterocycles. The van der Waals surface area contributed by atoms with Gasteiger partial charge in [0.15, 0.2) is 0 Å². The summed E-state index contributed by atoms with van der Waals surface area (Å²) in [5.74, 6) is -1.68. The van der Waals surface area contributed by atoms with Crippen LogP contribution in [0.15, 0.2) is 45.6 Å². The van der Waals surface area contributed by atoms with Gasteiger partial charge in [0.05, 0.1) is 18.8 Å². The van der Waals surface area contributed by atoms with Gasteiger partial charge in [0, 0.05) is 21.3 Å². The molecule has 110 valence electrons. The van der Waals surface area contributed by atoms with Crippen LogP contribution in [0.25, 0.3) is 0 Å². The second-order valence-electron chi connectivity index (χ2n) is 3.50. The Morgan fingerprint density at radius 3 is 1.77 bits per heavy atom. The minimum absolute atomic E-state index is 0. The van der Waals surface area contributed by atoms with E-state index in [-0.39, 0.29) is 24.6 Å². The first-order valence-electron chi connectivity index (χ1n) is 5.47. The average molecular weight is 424 g/mol. The normalized spacial score (nSPS) is 8.86. The van der Waals surface area contributed by atoms with Gasteiger partial charge in [0.25, 0.3) is 0 Å². The number of halogens is 2. The number of pyridine rings is 2. The maximum atomic E-state index is 10.8. The number of ether oxygens (including phenoxy) is 1. The third kappa shape index (κ3) is 7.18. The SMILES string of the molecule is COC(=O)c1ccc(Br)cn1.O=C([O-])c1ccc(Br)cn1.[Li+]. The van der Waals surface area contributed by atoms with Crippen LogP contribution in [0.4, 0.5) is 0 Å². The number of hydrogen-bond acceptors (Lipinski definition) is 6. The quantitative estimate of drug-likeness (QED) is 0.447. The number of esters is 1. The summed E-state index contributed by atoms with van der Waals surface area (Å²) in [5, 5.41) is 10.1. The number of carbonyl (C=O) groups is 2. The van der Waals surface area contributed by atoms with Gasteiger partial charge in [-0.1, -0.05) is 0 Å². The molecule has 0 aliphatic heterocycles. The zero-order chi connectivity index (χ0) is 15.8. The van der Waals surface area contributed by atoms with Crippen molar-refractivity contribution < 1.29 is 38.3 Å². The van der Waals surface area contributed by atoms with Crippen LogP contribution in [0.5, 0.6) is 0 Å². The van der Waals surface area contributed by atoms with Crippen molar-refractivity contribution in [2.45, 2.75) is 0 Å². The molecule has 2 aromatic rings. The summed E-state index contributed by atoms with van der Waals surface area (Å²) in [7, 11) is 1.33. The molecule has 0 amide bonds. The van der Waals surface area contributed by atoms with Crippen molar-refractivity contribution in [2.24, 2.45) is 0 Å². The van der Waals surface area contributed by atoms with E-state index in [9.17, 15) is 14.7 Å². The molecule has 0 spiro atoms. The van der Waals surface area contributed by atoms with E-state index in [1.54, 1.807) is 24.4 Å². The molecule has 0 aliphatic carbocycles. The zero-order valence-electron chi connectivity index (χ0n) is 11.7. The van der Waals surface area contributed by atoms with E-state index in [0.29, 0.717) is 5.69 Å². The molecule has 2 rings (SSSR count).